The molecule has 31 heavy (non-hydrogen) atoms. The van der Waals surface area contributed by atoms with E-state index in [9.17, 15) is 19.2 Å². The molecule has 2 aromatic heterocycles. The van der Waals surface area contributed by atoms with Gasteiger partial charge in [-0.15, -0.1) is 11.3 Å². The molecule has 3 amide bonds. The Bertz CT molecular complexity index is 1170. The largest absolute Gasteiger partial charge is 0.348 e. The van der Waals surface area contributed by atoms with Crippen molar-refractivity contribution in [2.24, 2.45) is 0 Å². The van der Waals surface area contributed by atoms with E-state index in [-0.39, 0.29) is 29.6 Å². The van der Waals surface area contributed by atoms with Crippen molar-refractivity contribution in [2.75, 3.05) is 0 Å². The normalized spacial score (nSPS) is 11.9. The van der Waals surface area contributed by atoms with Gasteiger partial charge in [0.1, 0.15) is 0 Å². The highest BCUT2D eigenvalue weighted by Crippen LogP contribution is 2.22. The molecule has 10 heteroatoms. The Balaban J connectivity index is 1.77. The van der Waals surface area contributed by atoms with Gasteiger partial charge in [0, 0.05) is 17.2 Å². The highest BCUT2D eigenvalue weighted by molar-refractivity contribution is 7.10. The van der Waals surface area contributed by atoms with E-state index in [0.29, 0.717) is 10.8 Å². The molecule has 2 heterocycles. The standard InChI is InChI=1S/C21H23N5O4S/c1-12(2)26-21(30)15-8-5-4-7-14(15)19(25-26)20(29)24-23-18(28)11-16(22-13(3)27)17-9-6-10-31-17/h4-10,12,16H,11H2,1-3H3,(H,22,27)(H,23,28)(H,24,29). The van der Waals surface area contributed by atoms with Gasteiger partial charge in [0.15, 0.2) is 5.69 Å². The second kappa shape index (κ2) is 9.52. The van der Waals surface area contributed by atoms with Crippen LogP contribution in [0.4, 0.5) is 0 Å². The molecule has 0 radical (unpaired) electrons. The SMILES string of the molecule is CC(=O)NC(CC(=O)NNC(=O)c1nn(C(C)C)c(=O)c2ccccc12)c1cccs1. The number of nitrogens with zero attached hydrogens (tertiary/aromatic N) is 2. The fraction of sp³-hybridized carbons (Fsp3) is 0.286. The van der Waals surface area contributed by atoms with Gasteiger partial charge in [-0.05, 0) is 31.4 Å². The number of fused-ring (bicyclic) bond motifs is 1. The lowest BCUT2D eigenvalue weighted by atomic mass is 10.1. The van der Waals surface area contributed by atoms with E-state index in [1.807, 2.05) is 17.5 Å². The van der Waals surface area contributed by atoms with Gasteiger partial charge < -0.3 is 5.32 Å². The van der Waals surface area contributed by atoms with E-state index in [2.05, 4.69) is 21.3 Å². The summed E-state index contributed by atoms with van der Waals surface area (Å²) in [6.45, 7) is 4.96. The third-order valence-corrected chi connectivity index (χ3v) is 5.49. The molecule has 0 aliphatic rings. The number of hydrogen-bond donors (Lipinski definition) is 3. The number of aromatic nitrogens is 2. The van der Waals surface area contributed by atoms with Crippen LogP contribution in [0.3, 0.4) is 0 Å². The summed E-state index contributed by atoms with van der Waals surface area (Å²) in [6, 6.07) is 9.58. The number of hydrogen-bond acceptors (Lipinski definition) is 6. The Morgan fingerprint density at radius 3 is 2.39 bits per heavy atom. The molecule has 1 aromatic carbocycles. The van der Waals surface area contributed by atoms with E-state index in [1.165, 1.54) is 22.9 Å². The van der Waals surface area contributed by atoms with Crippen LogP contribution in [0.15, 0.2) is 46.6 Å². The number of carbonyl (C=O) groups is 3. The first-order valence-electron chi connectivity index (χ1n) is 9.69. The van der Waals surface area contributed by atoms with Crippen LogP contribution in [0.25, 0.3) is 10.8 Å². The number of carbonyl (C=O) groups excluding carboxylic acids is 3. The smallest absolute Gasteiger partial charge is 0.290 e. The molecule has 3 aromatic rings. The van der Waals surface area contributed by atoms with Crippen LogP contribution in [0, 0.1) is 0 Å². The summed E-state index contributed by atoms with van der Waals surface area (Å²) < 4.78 is 1.24. The first-order valence-corrected chi connectivity index (χ1v) is 10.6. The Morgan fingerprint density at radius 2 is 1.77 bits per heavy atom. The van der Waals surface area contributed by atoms with Gasteiger partial charge in [0.25, 0.3) is 11.5 Å². The quantitative estimate of drug-likeness (QED) is 0.506. The molecule has 9 nitrogen and oxygen atoms in total. The second-order valence-electron chi connectivity index (χ2n) is 7.21. The van der Waals surface area contributed by atoms with Crippen LogP contribution in [0.2, 0.25) is 0 Å². The summed E-state index contributed by atoms with van der Waals surface area (Å²) >= 11 is 1.42. The molecule has 162 valence electrons. The van der Waals surface area contributed by atoms with Crippen molar-refractivity contribution in [2.45, 2.75) is 39.3 Å². The fourth-order valence-electron chi connectivity index (χ4n) is 3.10. The van der Waals surface area contributed by atoms with E-state index < -0.39 is 17.9 Å². The van der Waals surface area contributed by atoms with Gasteiger partial charge in [-0.2, -0.15) is 5.10 Å². The van der Waals surface area contributed by atoms with Crippen LogP contribution in [-0.2, 0) is 9.59 Å². The minimum absolute atomic E-state index is 0.0286. The Hall–Kier alpha value is -3.53. The molecular weight excluding hydrogens is 418 g/mol. The van der Waals surface area contributed by atoms with Crippen LogP contribution in [0.1, 0.15) is 54.6 Å². The third-order valence-electron chi connectivity index (χ3n) is 4.50. The molecule has 0 spiro atoms. The number of benzene rings is 1. The lowest BCUT2D eigenvalue weighted by molar-refractivity contribution is -0.123. The van der Waals surface area contributed by atoms with Crippen LogP contribution in [0.5, 0.6) is 0 Å². The maximum atomic E-state index is 12.8. The Kier molecular flexibility index (Phi) is 6.81. The zero-order valence-corrected chi connectivity index (χ0v) is 18.2. The van der Waals surface area contributed by atoms with Crippen molar-refractivity contribution in [1.29, 1.82) is 0 Å². The number of thiophene rings is 1. The minimum Gasteiger partial charge on any atom is -0.348 e. The van der Waals surface area contributed by atoms with E-state index in [0.717, 1.165) is 4.88 Å². The zero-order chi connectivity index (χ0) is 22.5. The number of rotatable bonds is 6. The third kappa shape index (κ3) is 5.15. The molecule has 0 bridgehead atoms. The second-order valence-corrected chi connectivity index (χ2v) is 8.19. The fourth-order valence-corrected chi connectivity index (χ4v) is 3.88. The lowest BCUT2D eigenvalue weighted by Gasteiger charge is -2.17. The van der Waals surface area contributed by atoms with Gasteiger partial charge in [0.05, 0.1) is 23.9 Å². The van der Waals surface area contributed by atoms with Gasteiger partial charge in [-0.1, -0.05) is 24.3 Å². The first-order chi connectivity index (χ1) is 14.8. The highest BCUT2D eigenvalue weighted by Gasteiger charge is 2.21. The Labute approximate surface area is 182 Å². The van der Waals surface area contributed by atoms with Crippen LogP contribution in [-0.4, -0.2) is 27.5 Å². The van der Waals surface area contributed by atoms with Gasteiger partial charge in [-0.25, -0.2) is 4.68 Å². The molecule has 0 aliphatic carbocycles. The molecule has 0 fully saturated rings. The number of nitrogens with one attached hydrogen (secondary N) is 3. The van der Waals surface area contributed by atoms with Gasteiger partial charge >= 0.3 is 0 Å². The predicted octanol–water partition coefficient (Wildman–Crippen LogP) is 2.07. The molecule has 0 saturated carbocycles. The van der Waals surface area contributed by atoms with Crippen molar-refractivity contribution < 1.29 is 14.4 Å². The monoisotopic (exact) mass is 441 g/mol. The molecule has 3 N–H and O–H groups in total. The zero-order valence-electron chi connectivity index (χ0n) is 17.3. The summed E-state index contributed by atoms with van der Waals surface area (Å²) in [5.41, 5.74) is 4.45. The summed E-state index contributed by atoms with van der Waals surface area (Å²) in [5.74, 6) is -1.39. The first kappa shape index (κ1) is 22.2. The lowest BCUT2D eigenvalue weighted by Crippen LogP contribution is -2.44. The van der Waals surface area contributed by atoms with Crippen molar-refractivity contribution >= 4 is 39.8 Å². The molecule has 1 unspecified atom stereocenters. The average molecular weight is 442 g/mol. The minimum atomic E-state index is -0.647. The maximum Gasteiger partial charge on any atom is 0.290 e. The van der Waals surface area contributed by atoms with E-state index in [4.69, 9.17) is 0 Å². The van der Waals surface area contributed by atoms with Gasteiger partial charge in [0.2, 0.25) is 11.8 Å². The molecule has 1 atom stereocenters. The molecule has 0 aliphatic heterocycles. The van der Waals surface area contributed by atoms with E-state index in [1.54, 1.807) is 38.1 Å². The van der Waals surface area contributed by atoms with Gasteiger partial charge in [-0.3, -0.25) is 30.0 Å². The van der Waals surface area contributed by atoms with E-state index >= 15 is 0 Å². The summed E-state index contributed by atoms with van der Waals surface area (Å²) in [7, 11) is 0. The summed E-state index contributed by atoms with van der Waals surface area (Å²) in [4.78, 5) is 50.1. The molecule has 3 rings (SSSR count). The topological polar surface area (TPSA) is 122 Å². The highest BCUT2D eigenvalue weighted by atomic mass is 32.1. The molecular formula is C21H23N5O4S. The van der Waals surface area contributed by atoms with Crippen molar-refractivity contribution in [3.63, 3.8) is 0 Å². The van der Waals surface area contributed by atoms with Crippen molar-refractivity contribution in [3.05, 3.63) is 62.7 Å². The van der Waals surface area contributed by atoms with Crippen LogP contribution >= 0.6 is 11.3 Å². The molecule has 0 saturated heterocycles. The average Bonchev–Trinajstić information content (AvgIpc) is 3.26. The summed E-state index contributed by atoms with van der Waals surface area (Å²) in [5, 5.41) is 9.55. The van der Waals surface area contributed by atoms with Crippen molar-refractivity contribution in [3.8, 4) is 0 Å². The Morgan fingerprint density at radius 1 is 1.06 bits per heavy atom. The number of amides is 3. The maximum absolute atomic E-state index is 12.8. The van der Waals surface area contributed by atoms with Crippen LogP contribution < -0.4 is 21.7 Å². The van der Waals surface area contributed by atoms with Crippen molar-refractivity contribution in [1.82, 2.24) is 25.9 Å². The number of hydrazine groups is 1. The summed E-state index contributed by atoms with van der Waals surface area (Å²) in [6.07, 6.45) is -0.0555. The predicted molar refractivity (Wildman–Crippen MR) is 117 cm³/mol.